The Hall–Kier alpha value is -2.86. The number of anilines is 2. The van der Waals surface area contributed by atoms with E-state index in [9.17, 15) is 0 Å². The first-order valence-electron chi connectivity index (χ1n) is 7.37. The second kappa shape index (κ2) is 5.65. The number of rotatable bonds is 2. The summed E-state index contributed by atoms with van der Waals surface area (Å²) in [5.41, 5.74) is 4.84. The molecule has 0 saturated carbocycles. The summed E-state index contributed by atoms with van der Waals surface area (Å²) in [6.07, 6.45) is 1.73. The Balaban J connectivity index is 2.01. The number of nitrogens with zero attached hydrogens (tertiary/aromatic N) is 3. The van der Waals surface area contributed by atoms with Crippen molar-refractivity contribution >= 4 is 34.5 Å². The number of nitrogens with one attached hydrogen (secondary N) is 2. The number of aryl methyl sites for hydroxylation is 1. The molecule has 3 heterocycles. The van der Waals surface area contributed by atoms with E-state index in [2.05, 4.69) is 20.5 Å². The van der Waals surface area contributed by atoms with E-state index in [0.29, 0.717) is 16.7 Å². The average molecular weight is 340 g/mol. The maximum atomic E-state index is 6.41. The highest BCUT2D eigenvalue weighted by molar-refractivity contribution is 6.36. The number of fused-ring (bicyclic) bond motifs is 2. The van der Waals surface area contributed by atoms with E-state index in [4.69, 9.17) is 21.3 Å². The van der Waals surface area contributed by atoms with Crippen LogP contribution in [-0.2, 0) is 0 Å². The monoisotopic (exact) mass is 339 g/mol. The van der Waals surface area contributed by atoms with E-state index in [-0.39, 0.29) is 0 Å². The van der Waals surface area contributed by atoms with Gasteiger partial charge in [0.15, 0.2) is 5.82 Å². The van der Waals surface area contributed by atoms with Crippen molar-refractivity contribution in [2.75, 3.05) is 12.4 Å². The van der Waals surface area contributed by atoms with Gasteiger partial charge in [-0.05, 0) is 13.0 Å². The van der Waals surface area contributed by atoms with Crippen molar-refractivity contribution in [3.8, 4) is 5.88 Å². The zero-order chi connectivity index (χ0) is 16.7. The van der Waals surface area contributed by atoms with Gasteiger partial charge < -0.3 is 10.1 Å². The number of hydrogen-bond donors (Lipinski definition) is 2. The highest BCUT2D eigenvalue weighted by Gasteiger charge is 2.23. The van der Waals surface area contributed by atoms with Crippen LogP contribution in [0.1, 0.15) is 16.8 Å². The van der Waals surface area contributed by atoms with Crippen molar-refractivity contribution in [1.82, 2.24) is 15.2 Å². The summed E-state index contributed by atoms with van der Waals surface area (Å²) < 4.78 is 5.23. The summed E-state index contributed by atoms with van der Waals surface area (Å²) in [5, 5.41) is 11.2. The Labute approximate surface area is 143 Å². The molecule has 7 heteroatoms. The van der Waals surface area contributed by atoms with Gasteiger partial charge in [0.25, 0.3) is 0 Å². The van der Waals surface area contributed by atoms with Crippen LogP contribution in [0.25, 0.3) is 0 Å². The molecule has 1 aliphatic rings. The first-order chi connectivity index (χ1) is 11.7. The van der Waals surface area contributed by atoms with Crippen LogP contribution >= 0.6 is 11.6 Å². The Morgan fingerprint density at radius 2 is 2.00 bits per heavy atom. The highest BCUT2D eigenvalue weighted by atomic mass is 35.5. The third-order valence-electron chi connectivity index (χ3n) is 3.86. The number of aromatic nitrogens is 3. The standard InChI is InChI=1S/C17H14ClN5O/c1-9-15-17(23-22-9)20-13-7-14(24-2)19-8-11(13)16(21-15)10-5-3-4-6-12(10)18/h3-8H,1-2H3,(H2,20,22,23). The summed E-state index contributed by atoms with van der Waals surface area (Å²) in [7, 11) is 1.58. The molecule has 0 fully saturated rings. The Morgan fingerprint density at radius 3 is 2.79 bits per heavy atom. The van der Waals surface area contributed by atoms with E-state index in [1.54, 1.807) is 13.3 Å². The van der Waals surface area contributed by atoms with Crippen LogP contribution in [0.4, 0.5) is 17.2 Å². The van der Waals surface area contributed by atoms with Crippen molar-refractivity contribution in [2.45, 2.75) is 6.92 Å². The van der Waals surface area contributed by atoms with Crippen LogP contribution < -0.4 is 10.1 Å². The number of aromatic amines is 1. The molecule has 6 nitrogen and oxygen atoms in total. The zero-order valence-electron chi connectivity index (χ0n) is 13.1. The molecule has 0 amide bonds. The van der Waals surface area contributed by atoms with E-state index >= 15 is 0 Å². The smallest absolute Gasteiger partial charge is 0.215 e. The SMILES string of the molecule is COc1cc2c(cn1)C(c1ccccc1Cl)=Nc1c(n[nH]c1C)N2. The van der Waals surface area contributed by atoms with Crippen molar-refractivity contribution in [2.24, 2.45) is 4.99 Å². The van der Waals surface area contributed by atoms with E-state index < -0.39 is 0 Å². The number of pyridine rings is 1. The molecule has 0 radical (unpaired) electrons. The second-order valence-electron chi connectivity index (χ2n) is 5.38. The largest absolute Gasteiger partial charge is 0.481 e. The Morgan fingerprint density at radius 1 is 1.17 bits per heavy atom. The van der Waals surface area contributed by atoms with Crippen LogP contribution in [0, 0.1) is 6.92 Å². The summed E-state index contributed by atoms with van der Waals surface area (Å²) in [4.78, 5) is 9.13. The molecule has 0 aliphatic carbocycles. The minimum atomic E-state index is 0.510. The van der Waals surface area contributed by atoms with Gasteiger partial charge in [0.05, 0.1) is 24.2 Å². The molecule has 3 aromatic rings. The molecular formula is C17H14ClN5O. The van der Waals surface area contributed by atoms with Crippen LogP contribution in [0.2, 0.25) is 5.02 Å². The number of methoxy groups -OCH3 is 1. The summed E-state index contributed by atoms with van der Waals surface area (Å²) in [5.74, 6) is 1.17. The first kappa shape index (κ1) is 14.7. The molecule has 0 unspecified atom stereocenters. The number of hydrogen-bond acceptors (Lipinski definition) is 5. The zero-order valence-corrected chi connectivity index (χ0v) is 13.8. The summed E-state index contributed by atoms with van der Waals surface area (Å²) in [6.45, 7) is 1.93. The van der Waals surface area contributed by atoms with Gasteiger partial charge in [0.2, 0.25) is 5.88 Å². The van der Waals surface area contributed by atoms with Gasteiger partial charge in [-0.15, -0.1) is 0 Å². The number of H-pyrrole nitrogens is 1. The molecular weight excluding hydrogens is 326 g/mol. The van der Waals surface area contributed by atoms with Gasteiger partial charge in [-0.25, -0.2) is 9.98 Å². The van der Waals surface area contributed by atoms with Crippen molar-refractivity contribution in [3.63, 3.8) is 0 Å². The molecule has 1 aliphatic heterocycles. The first-order valence-corrected chi connectivity index (χ1v) is 7.75. The normalized spacial score (nSPS) is 12.5. The highest BCUT2D eigenvalue weighted by Crippen LogP contribution is 2.37. The van der Waals surface area contributed by atoms with E-state index in [1.807, 2.05) is 37.3 Å². The van der Waals surface area contributed by atoms with Crippen LogP contribution in [0.15, 0.2) is 41.5 Å². The van der Waals surface area contributed by atoms with Crippen LogP contribution in [0.5, 0.6) is 5.88 Å². The predicted molar refractivity (Wildman–Crippen MR) is 94.1 cm³/mol. The molecule has 2 N–H and O–H groups in total. The van der Waals surface area contributed by atoms with Gasteiger partial charge >= 0.3 is 0 Å². The quantitative estimate of drug-likeness (QED) is 0.578. The lowest BCUT2D eigenvalue weighted by Crippen LogP contribution is -2.07. The fourth-order valence-electron chi connectivity index (χ4n) is 2.65. The fraction of sp³-hybridized carbons (Fsp3) is 0.118. The van der Waals surface area contributed by atoms with Gasteiger partial charge in [0.1, 0.15) is 5.69 Å². The van der Waals surface area contributed by atoms with Gasteiger partial charge in [-0.3, -0.25) is 5.10 Å². The van der Waals surface area contributed by atoms with Crippen LogP contribution in [-0.4, -0.2) is 28.0 Å². The van der Waals surface area contributed by atoms with Crippen LogP contribution in [0.3, 0.4) is 0 Å². The lowest BCUT2D eigenvalue weighted by Gasteiger charge is -2.12. The second-order valence-corrected chi connectivity index (χ2v) is 5.79. The number of ether oxygens (including phenoxy) is 1. The lowest BCUT2D eigenvalue weighted by atomic mass is 10.0. The van der Waals surface area contributed by atoms with Gasteiger partial charge in [-0.2, -0.15) is 5.10 Å². The fourth-order valence-corrected chi connectivity index (χ4v) is 2.87. The van der Waals surface area contributed by atoms with Crippen molar-refractivity contribution in [1.29, 1.82) is 0 Å². The molecule has 1 aromatic carbocycles. The molecule has 24 heavy (non-hydrogen) atoms. The minimum Gasteiger partial charge on any atom is -0.481 e. The maximum absolute atomic E-state index is 6.41. The van der Waals surface area contributed by atoms with Gasteiger partial charge in [-0.1, -0.05) is 29.8 Å². The molecule has 120 valence electrons. The molecule has 4 rings (SSSR count). The van der Waals surface area contributed by atoms with Gasteiger partial charge in [0, 0.05) is 28.4 Å². The van der Waals surface area contributed by atoms with E-state index in [0.717, 1.165) is 33.9 Å². The summed E-state index contributed by atoms with van der Waals surface area (Å²) in [6, 6.07) is 9.43. The molecule has 0 saturated heterocycles. The van der Waals surface area contributed by atoms with E-state index in [1.165, 1.54) is 0 Å². The average Bonchev–Trinajstić information content (AvgIpc) is 2.85. The lowest BCUT2D eigenvalue weighted by molar-refractivity contribution is 0.398. The third kappa shape index (κ3) is 2.32. The number of benzene rings is 1. The van der Waals surface area contributed by atoms with Crippen molar-refractivity contribution in [3.05, 3.63) is 58.4 Å². The minimum absolute atomic E-state index is 0.510. The Bertz CT molecular complexity index is 963. The topological polar surface area (TPSA) is 75.2 Å². The Kier molecular flexibility index (Phi) is 3.46. The third-order valence-corrected chi connectivity index (χ3v) is 4.19. The maximum Gasteiger partial charge on any atom is 0.215 e. The molecule has 0 atom stereocenters. The predicted octanol–water partition coefficient (Wildman–Crippen LogP) is 4.00. The number of aliphatic imine (C=N–C) groups is 1. The van der Waals surface area contributed by atoms with Crippen molar-refractivity contribution < 1.29 is 4.74 Å². The molecule has 2 aromatic heterocycles. The molecule has 0 spiro atoms. The molecule has 0 bridgehead atoms. The number of halogens is 1. The summed E-state index contributed by atoms with van der Waals surface area (Å²) >= 11 is 6.41.